The molecule has 2 heterocycles. The molecule has 4 rings (SSSR count). The molecule has 5 heteroatoms. The maximum absolute atomic E-state index is 12.2. The molecule has 1 aromatic carbocycles. The van der Waals surface area contributed by atoms with Crippen LogP contribution in [0.3, 0.4) is 0 Å². The van der Waals surface area contributed by atoms with E-state index in [1.54, 1.807) is 0 Å². The summed E-state index contributed by atoms with van der Waals surface area (Å²) in [6.45, 7) is 9.49. The van der Waals surface area contributed by atoms with Gasteiger partial charge in [-0.2, -0.15) is 0 Å². The summed E-state index contributed by atoms with van der Waals surface area (Å²) in [4.78, 5) is 16.7. The van der Waals surface area contributed by atoms with Gasteiger partial charge in [-0.25, -0.2) is 4.79 Å². The Morgan fingerprint density at radius 3 is 1.93 bits per heavy atom. The number of piperidine rings is 2. The van der Waals surface area contributed by atoms with Crippen LogP contribution in [-0.4, -0.2) is 65.9 Å². The Morgan fingerprint density at radius 1 is 0.897 bits per heavy atom. The van der Waals surface area contributed by atoms with Crippen LogP contribution < -0.4 is 0 Å². The van der Waals surface area contributed by atoms with Gasteiger partial charge in [0, 0.05) is 32.2 Å². The van der Waals surface area contributed by atoms with Crippen molar-refractivity contribution >= 4 is 6.09 Å². The zero-order valence-electron chi connectivity index (χ0n) is 18.2. The molecule has 160 valence electrons. The molecule has 0 saturated carbocycles. The number of carbonyl (C=O) groups excluding carboxylic acids is 1. The van der Waals surface area contributed by atoms with Crippen LogP contribution in [0.5, 0.6) is 0 Å². The molecule has 2 fully saturated rings. The minimum Gasteiger partial charge on any atom is -0.444 e. The van der Waals surface area contributed by atoms with E-state index in [4.69, 9.17) is 9.47 Å². The molecule has 1 amide bonds. The molecular weight excluding hydrogens is 364 g/mol. The van der Waals surface area contributed by atoms with Gasteiger partial charge in [0.25, 0.3) is 0 Å². The van der Waals surface area contributed by atoms with Crippen molar-refractivity contribution < 1.29 is 14.3 Å². The lowest BCUT2D eigenvalue weighted by Crippen LogP contribution is -2.46. The minimum absolute atomic E-state index is 0.193. The summed E-state index contributed by atoms with van der Waals surface area (Å²) >= 11 is 0. The van der Waals surface area contributed by atoms with Crippen LogP contribution in [0.4, 0.5) is 4.79 Å². The van der Waals surface area contributed by atoms with Crippen molar-refractivity contribution in [3.05, 3.63) is 35.4 Å². The highest BCUT2D eigenvalue weighted by molar-refractivity contribution is 5.68. The first-order chi connectivity index (χ1) is 13.9. The Kier molecular flexibility index (Phi) is 6.16. The summed E-state index contributed by atoms with van der Waals surface area (Å²) in [7, 11) is 0. The van der Waals surface area contributed by atoms with Crippen molar-refractivity contribution in [2.24, 2.45) is 0 Å². The summed E-state index contributed by atoms with van der Waals surface area (Å²) in [6.07, 6.45) is 6.93. The van der Waals surface area contributed by atoms with E-state index in [0.29, 0.717) is 12.1 Å². The van der Waals surface area contributed by atoms with Crippen LogP contribution in [0.2, 0.25) is 0 Å². The van der Waals surface area contributed by atoms with E-state index >= 15 is 0 Å². The van der Waals surface area contributed by atoms with E-state index in [2.05, 4.69) is 29.2 Å². The van der Waals surface area contributed by atoms with Gasteiger partial charge in [-0.1, -0.05) is 24.3 Å². The van der Waals surface area contributed by atoms with Crippen LogP contribution in [0.25, 0.3) is 0 Å². The van der Waals surface area contributed by atoms with Gasteiger partial charge in [-0.3, -0.25) is 4.90 Å². The van der Waals surface area contributed by atoms with Crippen molar-refractivity contribution in [2.75, 3.05) is 26.2 Å². The summed E-state index contributed by atoms with van der Waals surface area (Å²) in [5, 5.41) is 0. The Labute approximate surface area is 175 Å². The van der Waals surface area contributed by atoms with Gasteiger partial charge >= 0.3 is 6.09 Å². The van der Waals surface area contributed by atoms with Crippen molar-refractivity contribution in [2.45, 2.75) is 83.1 Å². The zero-order valence-corrected chi connectivity index (χ0v) is 18.2. The highest BCUT2D eigenvalue weighted by Crippen LogP contribution is 2.29. The lowest BCUT2D eigenvalue weighted by Gasteiger charge is -2.39. The monoisotopic (exact) mass is 400 g/mol. The Balaban J connectivity index is 1.17. The van der Waals surface area contributed by atoms with E-state index in [9.17, 15) is 4.79 Å². The molecule has 0 N–H and O–H groups in total. The molecule has 0 unspecified atom stereocenters. The number of nitrogens with zero attached hydrogens (tertiary/aromatic N) is 2. The number of rotatable bonds is 3. The normalized spacial score (nSPS) is 22.7. The average molecular weight is 401 g/mol. The maximum Gasteiger partial charge on any atom is 0.410 e. The van der Waals surface area contributed by atoms with Gasteiger partial charge in [0.2, 0.25) is 0 Å². The molecule has 2 aliphatic heterocycles. The van der Waals surface area contributed by atoms with Gasteiger partial charge < -0.3 is 14.4 Å². The van der Waals surface area contributed by atoms with Gasteiger partial charge in [-0.05, 0) is 70.4 Å². The molecule has 0 aromatic heterocycles. The summed E-state index contributed by atoms with van der Waals surface area (Å²) in [6, 6.07) is 9.57. The first-order valence-electron chi connectivity index (χ1n) is 11.3. The fraction of sp³-hybridized carbons (Fsp3) is 0.708. The van der Waals surface area contributed by atoms with Gasteiger partial charge in [0.05, 0.1) is 12.2 Å². The summed E-state index contributed by atoms with van der Waals surface area (Å²) in [5.74, 6) is 0. The second-order valence-electron chi connectivity index (χ2n) is 9.87. The van der Waals surface area contributed by atoms with Crippen LogP contribution >= 0.6 is 0 Å². The number of carbonyl (C=O) groups is 1. The van der Waals surface area contributed by atoms with Crippen LogP contribution in [-0.2, 0) is 22.3 Å². The average Bonchev–Trinajstić information content (AvgIpc) is 3.12. The standard InChI is InChI=1S/C24H36N2O3/c1-24(2,3)29-23(27)26-14-10-22(11-15-26)28-21-8-12-25(13-9-21)20-16-18-6-4-5-7-19(18)17-20/h4-7,20-22H,8-17H2,1-3H3. The number of ether oxygens (including phenoxy) is 2. The number of likely N-dealkylation sites (tertiary alicyclic amines) is 2. The molecule has 29 heavy (non-hydrogen) atoms. The SMILES string of the molecule is CC(C)(C)OC(=O)N1CCC(OC2CCN(C3Cc4ccccc4C3)CC2)CC1. The smallest absolute Gasteiger partial charge is 0.410 e. The van der Waals surface area contributed by atoms with Gasteiger partial charge in [0.15, 0.2) is 0 Å². The molecule has 1 aliphatic carbocycles. The Morgan fingerprint density at radius 2 is 1.41 bits per heavy atom. The van der Waals surface area contributed by atoms with E-state index < -0.39 is 5.60 Å². The van der Waals surface area contributed by atoms with E-state index in [1.807, 2.05) is 25.7 Å². The van der Waals surface area contributed by atoms with Crippen molar-refractivity contribution in [3.63, 3.8) is 0 Å². The predicted octanol–water partition coefficient (Wildman–Crippen LogP) is 4.03. The molecule has 3 aliphatic rings. The number of amides is 1. The van der Waals surface area contributed by atoms with E-state index in [0.717, 1.165) is 51.9 Å². The summed E-state index contributed by atoms with van der Waals surface area (Å²) < 4.78 is 11.9. The zero-order chi connectivity index (χ0) is 20.4. The first-order valence-corrected chi connectivity index (χ1v) is 11.3. The van der Waals surface area contributed by atoms with E-state index in [-0.39, 0.29) is 12.2 Å². The van der Waals surface area contributed by atoms with Crippen LogP contribution in [0, 0.1) is 0 Å². The second kappa shape index (κ2) is 8.65. The predicted molar refractivity (Wildman–Crippen MR) is 114 cm³/mol. The third-order valence-electron chi connectivity index (χ3n) is 6.50. The number of hydrogen-bond donors (Lipinski definition) is 0. The fourth-order valence-corrected chi connectivity index (χ4v) is 4.94. The number of benzene rings is 1. The Bertz CT molecular complexity index is 673. The maximum atomic E-state index is 12.2. The fourth-order valence-electron chi connectivity index (χ4n) is 4.94. The molecule has 0 atom stereocenters. The molecular formula is C24H36N2O3. The van der Waals surface area contributed by atoms with Crippen molar-refractivity contribution in [1.82, 2.24) is 9.80 Å². The topological polar surface area (TPSA) is 42.0 Å². The molecule has 0 radical (unpaired) electrons. The quantitative estimate of drug-likeness (QED) is 0.768. The minimum atomic E-state index is -0.431. The van der Waals surface area contributed by atoms with Gasteiger partial charge in [0.1, 0.15) is 5.60 Å². The highest BCUT2D eigenvalue weighted by Gasteiger charge is 2.32. The molecule has 0 spiro atoms. The lowest BCUT2D eigenvalue weighted by atomic mass is 10.0. The van der Waals surface area contributed by atoms with Crippen molar-refractivity contribution in [1.29, 1.82) is 0 Å². The third-order valence-corrected chi connectivity index (χ3v) is 6.50. The molecule has 2 saturated heterocycles. The molecule has 0 bridgehead atoms. The Hall–Kier alpha value is -1.59. The molecule has 5 nitrogen and oxygen atoms in total. The summed E-state index contributed by atoms with van der Waals surface area (Å²) in [5.41, 5.74) is 2.64. The first kappa shape index (κ1) is 20.7. The third kappa shape index (κ3) is 5.32. The second-order valence-corrected chi connectivity index (χ2v) is 9.87. The number of fused-ring (bicyclic) bond motifs is 1. The molecule has 1 aromatic rings. The van der Waals surface area contributed by atoms with Crippen LogP contribution in [0.15, 0.2) is 24.3 Å². The van der Waals surface area contributed by atoms with Gasteiger partial charge in [-0.15, -0.1) is 0 Å². The highest BCUT2D eigenvalue weighted by atomic mass is 16.6. The van der Waals surface area contributed by atoms with E-state index in [1.165, 1.54) is 24.0 Å². The number of hydrogen-bond acceptors (Lipinski definition) is 4. The van der Waals surface area contributed by atoms with Crippen molar-refractivity contribution in [3.8, 4) is 0 Å². The largest absolute Gasteiger partial charge is 0.444 e. The lowest BCUT2D eigenvalue weighted by molar-refractivity contribution is -0.0693. The van der Waals surface area contributed by atoms with Crippen LogP contribution in [0.1, 0.15) is 57.6 Å².